The van der Waals surface area contributed by atoms with Gasteiger partial charge in [-0.25, -0.2) is 4.39 Å². The number of halogens is 2. The highest BCUT2D eigenvalue weighted by Crippen LogP contribution is 2.17. The molecular weight excluding hydrogens is 265 g/mol. The van der Waals surface area contributed by atoms with Crippen molar-refractivity contribution in [3.05, 3.63) is 34.6 Å². The van der Waals surface area contributed by atoms with E-state index in [0.717, 1.165) is 12.1 Å². The molecule has 0 aliphatic rings. The Balaban J connectivity index is 3.52. The van der Waals surface area contributed by atoms with E-state index in [2.05, 4.69) is 15.9 Å². The van der Waals surface area contributed by atoms with Gasteiger partial charge in [0.1, 0.15) is 11.9 Å². The van der Waals surface area contributed by atoms with Gasteiger partial charge in [-0.05, 0) is 12.1 Å². The third-order valence-corrected chi connectivity index (χ3v) is 2.29. The third-order valence-electron chi connectivity index (χ3n) is 1.78. The van der Waals surface area contributed by atoms with E-state index in [9.17, 15) is 14.0 Å². The minimum Gasteiger partial charge on any atom is -0.298 e. The summed E-state index contributed by atoms with van der Waals surface area (Å²) in [6, 6.07) is 3.55. The molecule has 0 saturated carbocycles. The van der Waals surface area contributed by atoms with Gasteiger partial charge in [0.05, 0.1) is 10.9 Å². The molecule has 0 saturated heterocycles. The van der Waals surface area contributed by atoms with Crippen LogP contribution in [0.5, 0.6) is 0 Å². The van der Waals surface area contributed by atoms with Gasteiger partial charge in [-0.3, -0.25) is 9.59 Å². The first kappa shape index (κ1) is 11.5. The zero-order chi connectivity index (χ0) is 11.4. The van der Waals surface area contributed by atoms with Crippen molar-refractivity contribution in [2.24, 2.45) is 0 Å². The van der Waals surface area contributed by atoms with Crippen molar-refractivity contribution < 1.29 is 14.0 Å². The number of nitrogens with zero attached hydrogens (tertiary/aromatic N) is 1. The van der Waals surface area contributed by atoms with Crippen LogP contribution in [-0.4, -0.2) is 17.4 Å². The Bertz CT molecular complexity index is 465. The van der Waals surface area contributed by atoms with Crippen LogP contribution in [0.1, 0.15) is 26.3 Å². The Morgan fingerprint density at radius 1 is 1.60 bits per heavy atom. The summed E-state index contributed by atoms with van der Waals surface area (Å²) in [7, 11) is 0. The zero-order valence-electron chi connectivity index (χ0n) is 7.46. The van der Waals surface area contributed by atoms with Crippen LogP contribution in [-0.2, 0) is 0 Å². The molecule has 0 heterocycles. The number of alkyl halides is 1. The number of hydrogen-bond acceptors (Lipinski definition) is 3. The molecule has 0 atom stereocenters. The van der Waals surface area contributed by atoms with Gasteiger partial charge in [0.2, 0.25) is 0 Å². The van der Waals surface area contributed by atoms with Crippen molar-refractivity contribution in [2.75, 3.05) is 5.33 Å². The summed E-state index contributed by atoms with van der Waals surface area (Å²) in [4.78, 5) is 22.0. The molecule has 0 spiro atoms. The molecule has 5 heteroatoms. The van der Waals surface area contributed by atoms with Crippen LogP contribution < -0.4 is 0 Å². The molecule has 0 bridgehead atoms. The highest BCUT2D eigenvalue weighted by molar-refractivity contribution is 9.09. The van der Waals surface area contributed by atoms with Gasteiger partial charge in [0, 0.05) is 11.1 Å². The summed E-state index contributed by atoms with van der Waals surface area (Å²) in [6.45, 7) is 0. The van der Waals surface area contributed by atoms with Crippen LogP contribution in [0.25, 0.3) is 0 Å². The summed E-state index contributed by atoms with van der Waals surface area (Å²) in [5.41, 5.74) is -0.261. The number of ketones is 1. The normalized spacial score (nSPS) is 9.40. The van der Waals surface area contributed by atoms with Crippen molar-refractivity contribution in [3.63, 3.8) is 0 Å². The molecule has 0 aliphatic heterocycles. The zero-order valence-corrected chi connectivity index (χ0v) is 9.04. The van der Waals surface area contributed by atoms with E-state index < -0.39 is 11.6 Å². The van der Waals surface area contributed by atoms with Crippen LogP contribution in [0, 0.1) is 17.1 Å². The fourth-order valence-electron chi connectivity index (χ4n) is 1.19. The van der Waals surface area contributed by atoms with Crippen molar-refractivity contribution in [2.45, 2.75) is 0 Å². The Labute approximate surface area is 93.6 Å². The lowest BCUT2D eigenvalue weighted by atomic mass is 9.99. The Kier molecular flexibility index (Phi) is 3.69. The molecule has 15 heavy (non-hydrogen) atoms. The SMILES string of the molecule is N#Cc1cc(F)cc(C=O)c1C(=O)CBr. The van der Waals surface area contributed by atoms with E-state index in [0.29, 0.717) is 6.29 Å². The highest BCUT2D eigenvalue weighted by Gasteiger charge is 2.16. The van der Waals surface area contributed by atoms with Gasteiger partial charge in [-0.15, -0.1) is 0 Å². The fraction of sp³-hybridized carbons (Fsp3) is 0.100. The van der Waals surface area contributed by atoms with Gasteiger partial charge in [0.25, 0.3) is 0 Å². The van der Waals surface area contributed by atoms with Crippen molar-refractivity contribution in [1.29, 1.82) is 5.26 Å². The van der Waals surface area contributed by atoms with E-state index >= 15 is 0 Å². The van der Waals surface area contributed by atoms with Gasteiger partial charge in [0.15, 0.2) is 12.1 Å². The number of aldehydes is 1. The first-order valence-corrected chi connectivity index (χ1v) is 5.04. The summed E-state index contributed by atoms with van der Waals surface area (Å²) in [6.07, 6.45) is 0.361. The van der Waals surface area contributed by atoms with Crippen LogP contribution in [0.3, 0.4) is 0 Å². The third kappa shape index (κ3) is 2.28. The maximum atomic E-state index is 12.9. The molecule has 0 amide bonds. The monoisotopic (exact) mass is 269 g/mol. The van der Waals surface area contributed by atoms with Gasteiger partial charge in [-0.2, -0.15) is 5.26 Å². The number of benzene rings is 1. The second kappa shape index (κ2) is 4.80. The van der Waals surface area contributed by atoms with Gasteiger partial charge in [-0.1, -0.05) is 15.9 Å². The first-order chi connectivity index (χ1) is 7.13. The lowest BCUT2D eigenvalue weighted by Crippen LogP contribution is -2.08. The molecule has 0 unspecified atom stereocenters. The number of hydrogen-bond donors (Lipinski definition) is 0. The summed E-state index contributed by atoms with van der Waals surface area (Å²) in [5, 5.41) is 8.69. The summed E-state index contributed by atoms with van der Waals surface area (Å²) < 4.78 is 12.9. The van der Waals surface area contributed by atoms with E-state index in [4.69, 9.17) is 5.26 Å². The average molecular weight is 270 g/mol. The topological polar surface area (TPSA) is 57.9 Å². The smallest absolute Gasteiger partial charge is 0.175 e. The maximum absolute atomic E-state index is 12.9. The second-order valence-corrected chi connectivity index (χ2v) is 3.26. The van der Waals surface area contributed by atoms with Crippen molar-refractivity contribution >= 4 is 28.0 Å². The molecule has 0 radical (unpaired) electrons. The number of carbonyl (C=O) groups is 2. The van der Waals surface area contributed by atoms with E-state index in [1.807, 2.05) is 0 Å². The van der Waals surface area contributed by atoms with Gasteiger partial charge >= 0.3 is 0 Å². The molecule has 1 rings (SSSR count). The number of Topliss-reactive ketones (excluding diaryl/α,β-unsaturated/α-hetero) is 1. The van der Waals surface area contributed by atoms with Crippen molar-refractivity contribution in [3.8, 4) is 6.07 Å². The molecular formula is C10H5BrFNO2. The molecule has 1 aromatic carbocycles. The minimum absolute atomic E-state index is 0.0197. The lowest BCUT2D eigenvalue weighted by Gasteiger charge is -2.04. The molecule has 76 valence electrons. The Hall–Kier alpha value is -1.54. The quantitative estimate of drug-likeness (QED) is 0.480. The van der Waals surface area contributed by atoms with Crippen LogP contribution >= 0.6 is 15.9 Å². The molecule has 0 aliphatic carbocycles. The van der Waals surface area contributed by atoms with Crippen LogP contribution in [0.4, 0.5) is 4.39 Å². The van der Waals surface area contributed by atoms with Gasteiger partial charge < -0.3 is 0 Å². The Morgan fingerprint density at radius 2 is 2.27 bits per heavy atom. The standard InChI is InChI=1S/C10H5BrFNO2/c11-3-9(15)10-6(4-13)1-8(12)2-7(10)5-14/h1-2,5H,3H2. The highest BCUT2D eigenvalue weighted by atomic mass is 79.9. The van der Waals surface area contributed by atoms with Crippen LogP contribution in [0.2, 0.25) is 0 Å². The van der Waals surface area contributed by atoms with E-state index in [1.54, 1.807) is 6.07 Å². The number of rotatable bonds is 3. The number of nitriles is 1. The minimum atomic E-state index is -0.709. The molecule has 1 aromatic rings. The van der Waals surface area contributed by atoms with E-state index in [-0.39, 0.29) is 22.0 Å². The first-order valence-electron chi connectivity index (χ1n) is 3.92. The molecule has 0 N–H and O–H groups in total. The fourth-order valence-corrected chi connectivity index (χ4v) is 1.47. The summed E-state index contributed by atoms with van der Waals surface area (Å²) >= 11 is 2.93. The van der Waals surface area contributed by atoms with E-state index in [1.165, 1.54) is 0 Å². The Morgan fingerprint density at radius 3 is 2.73 bits per heavy atom. The largest absolute Gasteiger partial charge is 0.298 e. The summed E-state index contributed by atoms with van der Waals surface area (Å²) in [5.74, 6) is -1.13. The predicted molar refractivity (Wildman–Crippen MR) is 54.6 cm³/mol. The predicted octanol–water partition coefficient (Wildman–Crippen LogP) is 2.09. The maximum Gasteiger partial charge on any atom is 0.175 e. The average Bonchev–Trinajstić information content (AvgIpc) is 2.26. The van der Waals surface area contributed by atoms with Crippen molar-refractivity contribution in [1.82, 2.24) is 0 Å². The molecule has 0 aromatic heterocycles. The second-order valence-electron chi connectivity index (χ2n) is 2.70. The van der Waals surface area contributed by atoms with Crippen LogP contribution in [0.15, 0.2) is 12.1 Å². The molecule has 3 nitrogen and oxygen atoms in total. The lowest BCUT2D eigenvalue weighted by molar-refractivity contribution is 0.101. The number of carbonyl (C=O) groups excluding carboxylic acids is 2. The molecule has 0 fully saturated rings.